The molecule has 0 aromatic carbocycles. The first-order chi connectivity index (χ1) is 8.81. The number of rotatable bonds is 12. The number of carbonyl (C=O) groups is 1. The molecule has 0 rings (SSSR count). The molecule has 0 aromatic rings. The predicted octanol–water partition coefficient (Wildman–Crippen LogP) is 5.03. The molecule has 0 heterocycles. The molecule has 2 heteroatoms. The van der Waals surface area contributed by atoms with E-state index in [0.29, 0.717) is 13.0 Å². The van der Waals surface area contributed by atoms with Crippen LogP contribution in [0.2, 0.25) is 0 Å². The van der Waals surface area contributed by atoms with Crippen LogP contribution in [0.4, 0.5) is 0 Å². The average molecular weight is 254 g/mol. The van der Waals surface area contributed by atoms with Crippen LogP contribution in [0.1, 0.15) is 78.1 Å². The van der Waals surface area contributed by atoms with Gasteiger partial charge in [0.05, 0.1) is 6.61 Å². The summed E-state index contributed by atoms with van der Waals surface area (Å²) in [6, 6.07) is 0. The van der Waals surface area contributed by atoms with Gasteiger partial charge in [-0.3, -0.25) is 4.79 Å². The molecule has 0 saturated carbocycles. The lowest BCUT2D eigenvalue weighted by Crippen LogP contribution is -2.04. The summed E-state index contributed by atoms with van der Waals surface area (Å²) in [6.45, 7) is 4.91. The van der Waals surface area contributed by atoms with Gasteiger partial charge in [0.1, 0.15) is 0 Å². The number of hydrogen-bond acceptors (Lipinski definition) is 2. The molecular weight excluding hydrogens is 224 g/mol. The van der Waals surface area contributed by atoms with E-state index in [1.807, 2.05) is 0 Å². The number of hydrogen-bond donors (Lipinski definition) is 0. The number of allylic oxidation sites excluding steroid dienone is 2. The van der Waals surface area contributed by atoms with E-state index < -0.39 is 0 Å². The minimum atomic E-state index is -0.0592. The maximum atomic E-state index is 11.3. The summed E-state index contributed by atoms with van der Waals surface area (Å²) in [6.07, 6.45) is 15.5. The van der Waals surface area contributed by atoms with Gasteiger partial charge in [0, 0.05) is 6.42 Å². The van der Waals surface area contributed by atoms with Crippen LogP contribution >= 0.6 is 0 Å². The molecule has 0 aromatic heterocycles. The number of esters is 1. The fraction of sp³-hybridized carbons (Fsp3) is 0.812. The molecule has 0 atom stereocenters. The maximum Gasteiger partial charge on any atom is 0.306 e. The Hall–Kier alpha value is -0.790. The van der Waals surface area contributed by atoms with Gasteiger partial charge in [0.25, 0.3) is 0 Å². The zero-order chi connectivity index (χ0) is 13.5. The molecule has 0 unspecified atom stereocenters. The molecule has 0 saturated heterocycles. The first-order valence-electron chi connectivity index (χ1n) is 7.61. The Morgan fingerprint density at radius 2 is 1.56 bits per heavy atom. The third kappa shape index (κ3) is 13.3. The first-order valence-corrected chi connectivity index (χ1v) is 7.61. The molecule has 0 fully saturated rings. The van der Waals surface area contributed by atoms with Crippen molar-refractivity contribution < 1.29 is 9.53 Å². The van der Waals surface area contributed by atoms with Crippen LogP contribution in [-0.2, 0) is 9.53 Å². The van der Waals surface area contributed by atoms with Crippen LogP contribution < -0.4 is 0 Å². The van der Waals surface area contributed by atoms with Gasteiger partial charge in [-0.25, -0.2) is 0 Å². The van der Waals surface area contributed by atoms with E-state index >= 15 is 0 Å². The monoisotopic (exact) mass is 254 g/mol. The molecule has 18 heavy (non-hydrogen) atoms. The van der Waals surface area contributed by atoms with Gasteiger partial charge in [-0.2, -0.15) is 0 Å². The number of carbonyl (C=O) groups excluding carboxylic acids is 1. The Kier molecular flexibility index (Phi) is 13.6. The van der Waals surface area contributed by atoms with E-state index in [4.69, 9.17) is 4.74 Å². The summed E-state index contributed by atoms with van der Waals surface area (Å²) >= 11 is 0. The van der Waals surface area contributed by atoms with Crippen molar-refractivity contribution >= 4 is 5.97 Å². The summed E-state index contributed by atoms with van der Waals surface area (Å²) in [4.78, 5) is 11.3. The highest BCUT2D eigenvalue weighted by atomic mass is 16.5. The van der Waals surface area contributed by atoms with Gasteiger partial charge < -0.3 is 4.74 Å². The van der Waals surface area contributed by atoms with Crippen molar-refractivity contribution in [3.8, 4) is 0 Å². The van der Waals surface area contributed by atoms with E-state index in [9.17, 15) is 4.79 Å². The van der Waals surface area contributed by atoms with Gasteiger partial charge in [-0.1, -0.05) is 58.1 Å². The van der Waals surface area contributed by atoms with Crippen LogP contribution in [-0.4, -0.2) is 12.6 Å². The highest BCUT2D eigenvalue weighted by Gasteiger charge is 1.99. The quantitative estimate of drug-likeness (QED) is 0.277. The van der Waals surface area contributed by atoms with Crippen LogP contribution in [0.15, 0.2) is 12.2 Å². The molecule has 0 N–H and O–H groups in total. The minimum absolute atomic E-state index is 0.0592. The smallest absolute Gasteiger partial charge is 0.306 e. The normalized spacial score (nSPS) is 11.0. The molecule has 0 aliphatic heterocycles. The highest BCUT2D eigenvalue weighted by Crippen LogP contribution is 2.06. The Labute approximate surface area is 113 Å². The predicted molar refractivity (Wildman–Crippen MR) is 77.6 cm³/mol. The van der Waals surface area contributed by atoms with Crippen LogP contribution in [0.3, 0.4) is 0 Å². The summed E-state index contributed by atoms with van der Waals surface area (Å²) in [5.74, 6) is -0.0592. The lowest BCUT2D eigenvalue weighted by atomic mass is 10.1. The third-order valence-electron chi connectivity index (χ3n) is 2.92. The van der Waals surface area contributed by atoms with E-state index in [-0.39, 0.29) is 5.97 Å². The van der Waals surface area contributed by atoms with E-state index in [1.165, 1.54) is 32.1 Å². The molecule has 0 aliphatic rings. The van der Waals surface area contributed by atoms with Crippen molar-refractivity contribution in [1.29, 1.82) is 0 Å². The third-order valence-corrected chi connectivity index (χ3v) is 2.92. The van der Waals surface area contributed by atoms with Crippen LogP contribution in [0.25, 0.3) is 0 Å². The largest absolute Gasteiger partial charge is 0.466 e. The minimum Gasteiger partial charge on any atom is -0.466 e. The molecule has 0 spiro atoms. The van der Waals surface area contributed by atoms with Gasteiger partial charge in [-0.05, 0) is 25.7 Å². The Morgan fingerprint density at radius 1 is 0.889 bits per heavy atom. The van der Waals surface area contributed by atoms with Crippen LogP contribution in [0, 0.1) is 0 Å². The highest BCUT2D eigenvalue weighted by molar-refractivity contribution is 5.69. The summed E-state index contributed by atoms with van der Waals surface area (Å²) in [5.41, 5.74) is 0. The topological polar surface area (TPSA) is 26.3 Å². The van der Waals surface area contributed by atoms with Crippen molar-refractivity contribution in [2.45, 2.75) is 78.1 Å². The van der Waals surface area contributed by atoms with E-state index in [1.54, 1.807) is 0 Å². The summed E-state index contributed by atoms with van der Waals surface area (Å²) in [7, 11) is 0. The average Bonchev–Trinajstić information content (AvgIpc) is 2.37. The zero-order valence-electron chi connectivity index (χ0n) is 12.2. The standard InChI is InChI=1S/C16H30O2/c1-3-5-7-8-9-10-11-12-13-14-16(17)18-15-6-4-2/h11-12H,3-10,13-15H2,1-2H3/b12-11+. The summed E-state index contributed by atoms with van der Waals surface area (Å²) < 4.78 is 5.08. The van der Waals surface area contributed by atoms with E-state index in [2.05, 4.69) is 26.0 Å². The number of ether oxygens (including phenoxy) is 1. The van der Waals surface area contributed by atoms with Crippen molar-refractivity contribution in [1.82, 2.24) is 0 Å². The van der Waals surface area contributed by atoms with Gasteiger partial charge in [0.2, 0.25) is 0 Å². The van der Waals surface area contributed by atoms with Gasteiger partial charge in [0.15, 0.2) is 0 Å². The molecule has 0 amide bonds. The second-order valence-electron chi connectivity index (χ2n) is 4.79. The lowest BCUT2D eigenvalue weighted by Gasteiger charge is -2.01. The Bertz CT molecular complexity index is 209. The molecule has 0 bridgehead atoms. The second-order valence-corrected chi connectivity index (χ2v) is 4.79. The molecule has 2 nitrogen and oxygen atoms in total. The lowest BCUT2D eigenvalue weighted by molar-refractivity contribution is -0.143. The first kappa shape index (κ1) is 17.2. The van der Waals surface area contributed by atoms with Crippen molar-refractivity contribution in [3.05, 3.63) is 12.2 Å². The number of unbranched alkanes of at least 4 members (excludes halogenated alkanes) is 6. The second kappa shape index (κ2) is 14.3. The van der Waals surface area contributed by atoms with E-state index in [0.717, 1.165) is 25.7 Å². The Morgan fingerprint density at radius 3 is 2.28 bits per heavy atom. The molecular formula is C16H30O2. The summed E-state index contributed by atoms with van der Waals surface area (Å²) in [5, 5.41) is 0. The van der Waals surface area contributed by atoms with Gasteiger partial charge >= 0.3 is 5.97 Å². The van der Waals surface area contributed by atoms with Crippen LogP contribution in [0.5, 0.6) is 0 Å². The zero-order valence-corrected chi connectivity index (χ0v) is 12.2. The fourth-order valence-corrected chi connectivity index (χ4v) is 1.71. The van der Waals surface area contributed by atoms with Gasteiger partial charge in [-0.15, -0.1) is 0 Å². The van der Waals surface area contributed by atoms with Crippen molar-refractivity contribution in [2.75, 3.05) is 6.61 Å². The Balaban J connectivity index is 3.23. The SMILES string of the molecule is CCCCCCC/C=C/CCC(=O)OCCCC. The molecule has 0 radical (unpaired) electrons. The fourth-order valence-electron chi connectivity index (χ4n) is 1.71. The molecule has 0 aliphatic carbocycles. The molecule has 106 valence electrons. The van der Waals surface area contributed by atoms with Crippen molar-refractivity contribution in [3.63, 3.8) is 0 Å². The van der Waals surface area contributed by atoms with Crippen molar-refractivity contribution in [2.24, 2.45) is 0 Å². The maximum absolute atomic E-state index is 11.3.